The Morgan fingerprint density at radius 3 is 3.12 bits per heavy atom. The molecule has 0 atom stereocenters. The van der Waals surface area contributed by atoms with Gasteiger partial charge in [0.25, 0.3) is 0 Å². The molecule has 0 bridgehead atoms. The van der Waals surface area contributed by atoms with Gasteiger partial charge < -0.3 is 9.84 Å². The van der Waals surface area contributed by atoms with E-state index in [0.29, 0.717) is 13.2 Å². The summed E-state index contributed by atoms with van der Waals surface area (Å²) in [4.78, 5) is 7.66. The highest BCUT2D eigenvalue weighted by atomic mass is 32.1. The van der Waals surface area contributed by atoms with Crippen LogP contribution in [-0.4, -0.2) is 52.8 Å². The quantitative estimate of drug-likeness (QED) is 0.796. The van der Waals surface area contributed by atoms with Gasteiger partial charge in [-0.25, -0.2) is 4.98 Å². The standard InChI is InChI=1S/C11H17N3O2S/c1-16-6-3-13(2-5-15)8-10-9-14-4-7-17-11(14)12-10/h4,7,9,15H,2-3,5-6,8H2,1H3. The van der Waals surface area contributed by atoms with Gasteiger partial charge in [0.05, 0.1) is 18.9 Å². The lowest BCUT2D eigenvalue weighted by Crippen LogP contribution is -2.29. The number of nitrogens with zero attached hydrogens (tertiary/aromatic N) is 3. The number of methoxy groups -OCH3 is 1. The number of aromatic nitrogens is 2. The summed E-state index contributed by atoms with van der Waals surface area (Å²) in [5.41, 5.74) is 1.03. The van der Waals surface area contributed by atoms with Gasteiger partial charge in [0, 0.05) is 44.5 Å². The lowest BCUT2D eigenvalue weighted by molar-refractivity contribution is 0.126. The molecule has 0 saturated heterocycles. The van der Waals surface area contributed by atoms with Crippen molar-refractivity contribution in [2.75, 3.05) is 33.4 Å². The molecule has 0 saturated carbocycles. The zero-order chi connectivity index (χ0) is 12.1. The van der Waals surface area contributed by atoms with Gasteiger partial charge in [-0.1, -0.05) is 0 Å². The Morgan fingerprint density at radius 2 is 2.41 bits per heavy atom. The average Bonchev–Trinajstić information content (AvgIpc) is 2.86. The van der Waals surface area contributed by atoms with Crippen LogP contribution in [0.4, 0.5) is 0 Å². The van der Waals surface area contributed by atoms with Crippen molar-refractivity contribution < 1.29 is 9.84 Å². The highest BCUT2D eigenvalue weighted by Crippen LogP contribution is 2.12. The van der Waals surface area contributed by atoms with Gasteiger partial charge in [0.15, 0.2) is 4.96 Å². The number of aliphatic hydroxyl groups is 1. The monoisotopic (exact) mass is 255 g/mol. The summed E-state index contributed by atoms with van der Waals surface area (Å²) >= 11 is 1.63. The molecule has 0 radical (unpaired) electrons. The second-order valence-electron chi connectivity index (χ2n) is 3.82. The van der Waals surface area contributed by atoms with E-state index in [1.165, 1.54) is 0 Å². The fraction of sp³-hybridized carbons (Fsp3) is 0.545. The van der Waals surface area contributed by atoms with E-state index in [0.717, 1.165) is 23.7 Å². The number of hydrogen-bond donors (Lipinski definition) is 1. The predicted octanol–water partition coefficient (Wildman–Crippen LogP) is 0.836. The van der Waals surface area contributed by atoms with Crippen LogP contribution >= 0.6 is 11.3 Å². The molecule has 94 valence electrons. The third-order valence-corrected chi connectivity index (χ3v) is 3.33. The number of thiazole rings is 1. The molecule has 0 unspecified atom stereocenters. The molecule has 0 aliphatic rings. The number of hydrogen-bond acceptors (Lipinski definition) is 5. The van der Waals surface area contributed by atoms with Crippen molar-refractivity contribution in [3.63, 3.8) is 0 Å². The molecule has 0 spiro atoms. The zero-order valence-corrected chi connectivity index (χ0v) is 10.7. The lowest BCUT2D eigenvalue weighted by atomic mass is 10.4. The second kappa shape index (κ2) is 6.11. The van der Waals surface area contributed by atoms with Gasteiger partial charge in [-0.15, -0.1) is 11.3 Å². The number of ether oxygens (including phenoxy) is 1. The maximum atomic E-state index is 9.01. The molecule has 2 aromatic rings. The van der Waals surface area contributed by atoms with E-state index in [-0.39, 0.29) is 6.61 Å². The number of aliphatic hydroxyl groups excluding tert-OH is 1. The zero-order valence-electron chi connectivity index (χ0n) is 9.87. The molecule has 2 rings (SSSR count). The summed E-state index contributed by atoms with van der Waals surface area (Å²) in [6.07, 6.45) is 4.03. The summed E-state index contributed by atoms with van der Waals surface area (Å²) in [6, 6.07) is 0. The van der Waals surface area contributed by atoms with Crippen molar-refractivity contribution in [3.05, 3.63) is 23.5 Å². The van der Waals surface area contributed by atoms with Gasteiger partial charge in [-0.05, 0) is 0 Å². The van der Waals surface area contributed by atoms with Crippen LogP contribution in [0.1, 0.15) is 5.69 Å². The van der Waals surface area contributed by atoms with Gasteiger partial charge >= 0.3 is 0 Å². The highest BCUT2D eigenvalue weighted by Gasteiger charge is 2.08. The van der Waals surface area contributed by atoms with E-state index in [2.05, 4.69) is 9.88 Å². The summed E-state index contributed by atoms with van der Waals surface area (Å²) in [5.74, 6) is 0. The normalized spacial score (nSPS) is 11.7. The molecule has 2 heterocycles. The number of rotatable bonds is 7. The Balaban J connectivity index is 1.98. The van der Waals surface area contributed by atoms with E-state index in [1.807, 2.05) is 22.2 Å². The Bertz CT molecular complexity index is 426. The van der Waals surface area contributed by atoms with Crippen LogP contribution in [0.25, 0.3) is 4.96 Å². The fourth-order valence-corrected chi connectivity index (χ4v) is 2.43. The van der Waals surface area contributed by atoms with Crippen molar-refractivity contribution in [1.82, 2.24) is 14.3 Å². The third-order valence-electron chi connectivity index (χ3n) is 2.56. The van der Waals surface area contributed by atoms with Crippen molar-refractivity contribution in [3.8, 4) is 0 Å². The fourth-order valence-electron chi connectivity index (χ4n) is 1.71. The Labute approximate surface area is 104 Å². The topological polar surface area (TPSA) is 50.0 Å². The van der Waals surface area contributed by atoms with Crippen LogP contribution in [0.3, 0.4) is 0 Å². The molecular formula is C11H17N3O2S. The van der Waals surface area contributed by atoms with Crippen molar-refractivity contribution >= 4 is 16.3 Å². The Morgan fingerprint density at radius 1 is 1.53 bits per heavy atom. The summed E-state index contributed by atoms with van der Waals surface area (Å²) in [5, 5.41) is 11.0. The molecule has 2 aromatic heterocycles. The summed E-state index contributed by atoms with van der Waals surface area (Å²) in [6.45, 7) is 3.03. The Kier molecular flexibility index (Phi) is 4.49. The average molecular weight is 255 g/mol. The summed E-state index contributed by atoms with van der Waals surface area (Å²) in [7, 11) is 1.68. The van der Waals surface area contributed by atoms with Crippen LogP contribution in [-0.2, 0) is 11.3 Å². The van der Waals surface area contributed by atoms with Crippen molar-refractivity contribution in [2.45, 2.75) is 6.54 Å². The highest BCUT2D eigenvalue weighted by molar-refractivity contribution is 7.15. The Hall–Kier alpha value is -0.950. The van der Waals surface area contributed by atoms with Crippen molar-refractivity contribution in [1.29, 1.82) is 0 Å². The van der Waals surface area contributed by atoms with E-state index in [1.54, 1.807) is 18.4 Å². The largest absolute Gasteiger partial charge is 0.395 e. The van der Waals surface area contributed by atoms with E-state index >= 15 is 0 Å². The number of imidazole rings is 1. The van der Waals surface area contributed by atoms with Gasteiger partial charge in [0.2, 0.25) is 0 Å². The first-order chi connectivity index (χ1) is 8.33. The van der Waals surface area contributed by atoms with Gasteiger partial charge in [-0.2, -0.15) is 0 Å². The minimum absolute atomic E-state index is 0.159. The van der Waals surface area contributed by atoms with Crippen LogP contribution < -0.4 is 0 Å². The molecule has 0 amide bonds. The second-order valence-corrected chi connectivity index (χ2v) is 4.69. The molecule has 0 aromatic carbocycles. The first kappa shape index (κ1) is 12.5. The van der Waals surface area contributed by atoms with E-state index in [9.17, 15) is 0 Å². The van der Waals surface area contributed by atoms with Gasteiger partial charge in [0.1, 0.15) is 0 Å². The van der Waals surface area contributed by atoms with Crippen LogP contribution in [0.15, 0.2) is 17.8 Å². The molecule has 1 N–H and O–H groups in total. The molecule has 6 heteroatoms. The predicted molar refractivity (Wildman–Crippen MR) is 67.3 cm³/mol. The molecule has 0 aliphatic carbocycles. The third kappa shape index (κ3) is 3.26. The minimum atomic E-state index is 0.159. The molecule has 0 fully saturated rings. The smallest absolute Gasteiger partial charge is 0.193 e. The van der Waals surface area contributed by atoms with Crippen LogP contribution in [0, 0.1) is 0 Å². The first-order valence-electron chi connectivity index (χ1n) is 5.56. The summed E-state index contributed by atoms with van der Waals surface area (Å²) < 4.78 is 7.07. The van der Waals surface area contributed by atoms with Crippen LogP contribution in [0.2, 0.25) is 0 Å². The SMILES string of the molecule is COCCN(CCO)Cc1cn2ccsc2n1. The number of fused-ring (bicyclic) bond motifs is 1. The van der Waals surface area contributed by atoms with E-state index in [4.69, 9.17) is 9.84 Å². The maximum Gasteiger partial charge on any atom is 0.193 e. The molecule has 17 heavy (non-hydrogen) atoms. The molecule has 0 aliphatic heterocycles. The van der Waals surface area contributed by atoms with E-state index < -0.39 is 0 Å². The first-order valence-corrected chi connectivity index (χ1v) is 6.44. The lowest BCUT2D eigenvalue weighted by Gasteiger charge is -2.19. The molecular weight excluding hydrogens is 238 g/mol. The van der Waals surface area contributed by atoms with Crippen LogP contribution in [0.5, 0.6) is 0 Å². The van der Waals surface area contributed by atoms with Gasteiger partial charge in [-0.3, -0.25) is 9.30 Å². The molecule has 5 nitrogen and oxygen atoms in total. The van der Waals surface area contributed by atoms with Crippen molar-refractivity contribution in [2.24, 2.45) is 0 Å². The maximum absolute atomic E-state index is 9.01. The minimum Gasteiger partial charge on any atom is -0.395 e.